The maximum absolute atomic E-state index is 13.8. The molecule has 3 aromatic rings. The van der Waals surface area contributed by atoms with Crippen molar-refractivity contribution < 1.29 is 27.4 Å². The van der Waals surface area contributed by atoms with Gasteiger partial charge in [-0.25, -0.2) is 4.98 Å². The number of ether oxygens (including phenoxy) is 2. The minimum absolute atomic E-state index is 0.0694. The fourth-order valence-corrected chi connectivity index (χ4v) is 3.80. The number of aryl methyl sites for hydroxylation is 1. The number of aromatic nitrogens is 2. The first kappa shape index (κ1) is 25.8. The fraction of sp³-hybridized carbons (Fsp3) is 0.269. The number of allylic oxidation sites excluding steroid dienone is 1. The van der Waals surface area contributed by atoms with Crippen molar-refractivity contribution in [3.05, 3.63) is 71.4 Å². The highest BCUT2D eigenvalue weighted by atomic mass is 19.4. The Morgan fingerprint density at radius 3 is 2.68 bits per heavy atom. The predicted molar refractivity (Wildman–Crippen MR) is 134 cm³/mol. The molecule has 3 N–H and O–H groups in total. The van der Waals surface area contributed by atoms with Crippen molar-refractivity contribution in [2.24, 2.45) is 0 Å². The zero-order valence-corrected chi connectivity index (χ0v) is 20.3. The Hall–Kier alpha value is -4.28. The van der Waals surface area contributed by atoms with Crippen LogP contribution in [0.2, 0.25) is 0 Å². The maximum atomic E-state index is 13.8. The lowest BCUT2D eigenvalue weighted by atomic mass is 10.1. The van der Waals surface area contributed by atoms with Crippen LogP contribution < -0.4 is 25.4 Å². The zero-order valence-electron chi connectivity index (χ0n) is 20.3. The molecule has 0 saturated carbocycles. The smallest absolute Gasteiger partial charge is 0.421 e. The van der Waals surface area contributed by atoms with Gasteiger partial charge < -0.3 is 25.4 Å². The number of benzene rings is 2. The van der Waals surface area contributed by atoms with E-state index < -0.39 is 23.5 Å². The molecule has 0 radical (unpaired) electrons. The van der Waals surface area contributed by atoms with E-state index in [1.54, 1.807) is 25.3 Å². The molecule has 11 heteroatoms. The van der Waals surface area contributed by atoms with E-state index in [2.05, 4.69) is 32.0 Å². The summed E-state index contributed by atoms with van der Waals surface area (Å²) >= 11 is 0. The molecule has 0 atom stereocenters. The lowest BCUT2D eigenvalue weighted by Crippen LogP contribution is -2.20. The first-order valence-electron chi connectivity index (χ1n) is 11.6. The van der Waals surface area contributed by atoms with Gasteiger partial charge in [-0.1, -0.05) is 18.2 Å². The van der Waals surface area contributed by atoms with Crippen molar-refractivity contribution in [2.75, 3.05) is 31.4 Å². The van der Waals surface area contributed by atoms with Crippen molar-refractivity contribution in [3.63, 3.8) is 0 Å². The molecule has 2 aliphatic heterocycles. The standard InChI is InChI=1S/C26H26F3N5O3/c1-30-24(35)19-11-10-18-14-21(19)33-23-20(26(27,28)29)15-31-25(34-23)32-17-9-8-16(22(13-17)36-2)7-5-3-4-6-12-37-18/h3-4,8-11,13-15H,5-7,12H2,1-2H3,(H,30,35)(H2,31,32,33,34)/b4-3+. The van der Waals surface area contributed by atoms with Gasteiger partial charge in [-0.3, -0.25) is 4.79 Å². The number of nitrogens with zero attached hydrogens (tertiary/aromatic N) is 2. The summed E-state index contributed by atoms with van der Waals surface area (Å²) in [7, 11) is 2.99. The van der Waals surface area contributed by atoms with Crippen molar-refractivity contribution in [2.45, 2.75) is 25.4 Å². The number of hydrogen-bond acceptors (Lipinski definition) is 7. The lowest BCUT2D eigenvalue weighted by Gasteiger charge is -2.17. The van der Waals surface area contributed by atoms with E-state index in [0.717, 1.165) is 18.4 Å². The maximum Gasteiger partial charge on any atom is 0.421 e. The molecule has 0 spiro atoms. The Kier molecular flexibility index (Phi) is 7.80. The van der Waals surface area contributed by atoms with Crippen LogP contribution in [0.3, 0.4) is 0 Å². The number of carbonyl (C=O) groups is 1. The van der Waals surface area contributed by atoms with Gasteiger partial charge in [0.25, 0.3) is 5.91 Å². The van der Waals surface area contributed by atoms with Gasteiger partial charge in [0.1, 0.15) is 22.9 Å². The van der Waals surface area contributed by atoms with Crippen LogP contribution in [0.1, 0.15) is 34.3 Å². The number of nitrogens with one attached hydrogen (secondary N) is 3. The van der Waals surface area contributed by atoms with Crippen LogP contribution in [0.15, 0.2) is 54.7 Å². The van der Waals surface area contributed by atoms with Crippen LogP contribution in [-0.4, -0.2) is 36.6 Å². The van der Waals surface area contributed by atoms with Crippen LogP contribution in [-0.2, 0) is 12.6 Å². The number of methoxy groups -OCH3 is 1. The number of fused-ring (bicyclic) bond motifs is 7. The minimum atomic E-state index is -4.74. The van der Waals surface area contributed by atoms with E-state index in [9.17, 15) is 18.0 Å². The molecule has 1 amide bonds. The van der Waals surface area contributed by atoms with Crippen molar-refractivity contribution in [1.29, 1.82) is 0 Å². The number of amides is 1. The van der Waals surface area contributed by atoms with Crippen molar-refractivity contribution >= 4 is 29.0 Å². The number of halogens is 3. The fourth-order valence-electron chi connectivity index (χ4n) is 3.80. The second kappa shape index (κ2) is 11.2. The molecule has 37 heavy (non-hydrogen) atoms. The Labute approximate surface area is 211 Å². The first-order chi connectivity index (χ1) is 17.8. The number of hydrogen-bond donors (Lipinski definition) is 3. The average molecular weight is 514 g/mol. The second-order valence-corrected chi connectivity index (χ2v) is 8.16. The second-order valence-electron chi connectivity index (χ2n) is 8.16. The molecule has 8 nitrogen and oxygen atoms in total. The number of alkyl halides is 3. The van der Waals surface area contributed by atoms with Gasteiger partial charge in [0.05, 0.1) is 25.0 Å². The first-order valence-corrected chi connectivity index (χ1v) is 11.6. The van der Waals surface area contributed by atoms with Gasteiger partial charge in [-0.05, 0) is 43.0 Å². The Morgan fingerprint density at radius 1 is 1.11 bits per heavy atom. The third kappa shape index (κ3) is 6.29. The van der Waals surface area contributed by atoms with Gasteiger partial charge >= 0.3 is 6.18 Å². The molecule has 0 unspecified atom stereocenters. The average Bonchev–Trinajstić information content (AvgIpc) is 2.87. The molecule has 0 fully saturated rings. The summed E-state index contributed by atoms with van der Waals surface area (Å²) in [4.78, 5) is 20.4. The molecule has 5 rings (SSSR count). The summed E-state index contributed by atoms with van der Waals surface area (Å²) in [5.74, 6) is -0.0406. The van der Waals surface area contributed by atoms with Crippen LogP contribution in [0.5, 0.6) is 11.5 Å². The van der Waals surface area contributed by atoms with Crippen molar-refractivity contribution in [3.8, 4) is 11.5 Å². The van der Waals surface area contributed by atoms with E-state index in [4.69, 9.17) is 9.47 Å². The number of rotatable bonds is 2. The minimum Gasteiger partial charge on any atom is -0.496 e. The third-order valence-corrected chi connectivity index (χ3v) is 5.65. The zero-order chi connectivity index (χ0) is 26.4. The van der Waals surface area contributed by atoms with E-state index in [-0.39, 0.29) is 17.2 Å². The Bertz CT molecular complexity index is 1310. The molecule has 194 valence electrons. The van der Waals surface area contributed by atoms with Crippen LogP contribution in [0.4, 0.5) is 36.3 Å². The highest BCUT2D eigenvalue weighted by Crippen LogP contribution is 2.37. The van der Waals surface area contributed by atoms with Crippen LogP contribution >= 0.6 is 0 Å². The van der Waals surface area contributed by atoms with Gasteiger partial charge in [-0.15, -0.1) is 0 Å². The molecular formula is C26H26F3N5O3. The summed E-state index contributed by atoms with van der Waals surface area (Å²) in [5, 5.41) is 8.10. The van der Waals surface area contributed by atoms with E-state index in [1.165, 1.54) is 19.2 Å². The summed E-state index contributed by atoms with van der Waals surface area (Å²) in [6.45, 7) is 0.350. The Balaban J connectivity index is 1.81. The number of carbonyl (C=O) groups excluding carboxylic acids is 1. The largest absolute Gasteiger partial charge is 0.496 e. The monoisotopic (exact) mass is 513 g/mol. The molecule has 6 bridgehead atoms. The summed E-state index contributed by atoms with van der Waals surface area (Å²) in [6.07, 6.45) is 2.19. The topological polar surface area (TPSA) is 97.4 Å². The normalized spacial score (nSPS) is 14.6. The van der Waals surface area contributed by atoms with Gasteiger partial charge in [-0.2, -0.15) is 18.2 Å². The number of anilines is 4. The lowest BCUT2D eigenvalue weighted by molar-refractivity contribution is -0.137. The molecule has 1 aromatic heterocycles. The Morgan fingerprint density at radius 2 is 1.92 bits per heavy atom. The predicted octanol–water partition coefficient (Wildman–Crippen LogP) is 5.62. The van der Waals surface area contributed by atoms with Crippen LogP contribution in [0, 0.1) is 0 Å². The van der Waals surface area contributed by atoms with Crippen LogP contribution in [0.25, 0.3) is 0 Å². The molecule has 2 aliphatic rings. The summed E-state index contributed by atoms with van der Waals surface area (Å²) in [5.41, 5.74) is 0.673. The van der Waals surface area contributed by atoms with Gasteiger partial charge in [0.2, 0.25) is 5.95 Å². The molecule has 3 heterocycles. The summed E-state index contributed by atoms with van der Waals surface area (Å²) in [6, 6.07) is 9.95. The molecular weight excluding hydrogens is 487 g/mol. The van der Waals surface area contributed by atoms with Gasteiger partial charge in [0.15, 0.2) is 0 Å². The molecule has 0 aliphatic carbocycles. The van der Waals surface area contributed by atoms with E-state index >= 15 is 0 Å². The highest BCUT2D eigenvalue weighted by molar-refractivity contribution is 6.00. The highest BCUT2D eigenvalue weighted by Gasteiger charge is 2.35. The third-order valence-electron chi connectivity index (χ3n) is 5.65. The van der Waals surface area contributed by atoms with Gasteiger partial charge in [0, 0.05) is 31.1 Å². The van der Waals surface area contributed by atoms with Crippen molar-refractivity contribution in [1.82, 2.24) is 15.3 Å². The van der Waals surface area contributed by atoms with E-state index in [0.29, 0.717) is 36.4 Å². The quantitative estimate of drug-likeness (QED) is 0.383. The molecule has 0 saturated heterocycles. The van der Waals surface area contributed by atoms with E-state index in [1.807, 2.05) is 12.1 Å². The summed E-state index contributed by atoms with van der Waals surface area (Å²) < 4.78 is 52.8. The SMILES string of the molecule is CNC(=O)c1ccc2cc1Nc1nc(ncc1C(F)(F)F)Nc1ccc(c(OC)c1)CC/C=C/CCO2. The molecule has 2 aromatic carbocycles.